The Balaban J connectivity index is 2.16. The molecule has 0 N–H and O–H groups in total. The summed E-state index contributed by atoms with van der Waals surface area (Å²) in [5.74, 6) is 0.715. The van der Waals surface area contributed by atoms with Crippen LogP contribution in [0.4, 0.5) is 0 Å². The third-order valence-electron chi connectivity index (χ3n) is 2.54. The van der Waals surface area contributed by atoms with E-state index in [9.17, 15) is 0 Å². The zero-order chi connectivity index (χ0) is 6.48. The highest BCUT2D eigenvalue weighted by Crippen LogP contribution is 2.56. The molecule has 9 heavy (non-hydrogen) atoms. The quantitative estimate of drug-likeness (QED) is 0.466. The van der Waals surface area contributed by atoms with Gasteiger partial charge in [0.25, 0.3) is 0 Å². The minimum atomic E-state index is 0.106. The SMILES string of the molecule is CN1CC2CC2(C#N)C1. The number of rotatable bonds is 0. The van der Waals surface area contributed by atoms with Gasteiger partial charge in [-0.3, -0.25) is 0 Å². The average molecular weight is 122 g/mol. The van der Waals surface area contributed by atoms with E-state index >= 15 is 0 Å². The molecule has 1 saturated heterocycles. The van der Waals surface area contributed by atoms with Crippen LogP contribution in [0.2, 0.25) is 0 Å². The van der Waals surface area contributed by atoms with Gasteiger partial charge >= 0.3 is 0 Å². The maximum Gasteiger partial charge on any atom is 0.0745 e. The number of likely N-dealkylation sites (tertiary alicyclic amines) is 1. The monoisotopic (exact) mass is 122 g/mol. The van der Waals surface area contributed by atoms with Crippen molar-refractivity contribution in [3.63, 3.8) is 0 Å². The first-order valence-electron chi connectivity index (χ1n) is 3.37. The zero-order valence-electron chi connectivity index (χ0n) is 5.59. The van der Waals surface area contributed by atoms with Crippen molar-refractivity contribution in [1.29, 1.82) is 5.26 Å². The third-order valence-corrected chi connectivity index (χ3v) is 2.54. The van der Waals surface area contributed by atoms with Gasteiger partial charge in [-0.1, -0.05) is 0 Å². The molecule has 0 bridgehead atoms. The number of piperidine rings is 1. The van der Waals surface area contributed by atoms with E-state index in [-0.39, 0.29) is 5.41 Å². The van der Waals surface area contributed by atoms with E-state index in [2.05, 4.69) is 18.0 Å². The van der Waals surface area contributed by atoms with Crippen LogP contribution in [-0.4, -0.2) is 25.0 Å². The average Bonchev–Trinajstić information content (AvgIpc) is 2.38. The lowest BCUT2D eigenvalue weighted by molar-refractivity contribution is 0.359. The molecule has 2 rings (SSSR count). The Morgan fingerprint density at radius 1 is 1.78 bits per heavy atom. The highest BCUT2D eigenvalue weighted by Gasteiger charge is 2.59. The summed E-state index contributed by atoms with van der Waals surface area (Å²) in [6.07, 6.45) is 1.16. The summed E-state index contributed by atoms with van der Waals surface area (Å²) in [6, 6.07) is 2.40. The summed E-state index contributed by atoms with van der Waals surface area (Å²) in [5.41, 5.74) is 0.106. The van der Waals surface area contributed by atoms with Crippen molar-refractivity contribution in [2.45, 2.75) is 6.42 Å². The van der Waals surface area contributed by atoms with Gasteiger partial charge in [0.2, 0.25) is 0 Å². The number of fused-ring (bicyclic) bond motifs is 1. The second-order valence-electron chi connectivity index (χ2n) is 3.37. The molecule has 1 aliphatic heterocycles. The Morgan fingerprint density at radius 3 is 2.89 bits per heavy atom. The normalized spacial score (nSPS) is 48.2. The van der Waals surface area contributed by atoms with E-state index in [1.165, 1.54) is 0 Å². The first-order chi connectivity index (χ1) is 4.27. The fourth-order valence-corrected chi connectivity index (χ4v) is 1.91. The van der Waals surface area contributed by atoms with Crippen molar-refractivity contribution in [2.75, 3.05) is 20.1 Å². The Hall–Kier alpha value is -0.550. The van der Waals surface area contributed by atoms with Gasteiger partial charge in [-0.2, -0.15) is 5.26 Å². The van der Waals surface area contributed by atoms with Crippen molar-refractivity contribution in [2.24, 2.45) is 11.3 Å². The fraction of sp³-hybridized carbons (Fsp3) is 0.857. The number of hydrogen-bond acceptors (Lipinski definition) is 2. The maximum atomic E-state index is 8.71. The van der Waals surface area contributed by atoms with Crippen molar-refractivity contribution < 1.29 is 0 Å². The summed E-state index contributed by atoms with van der Waals surface area (Å²) < 4.78 is 0. The molecule has 0 radical (unpaired) electrons. The van der Waals surface area contributed by atoms with Crippen LogP contribution >= 0.6 is 0 Å². The van der Waals surface area contributed by atoms with Crippen molar-refractivity contribution in [3.05, 3.63) is 0 Å². The molecule has 0 spiro atoms. The summed E-state index contributed by atoms with van der Waals surface area (Å²) in [6.45, 7) is 2.15. The van der Waals surface area contributed by atoms with E-state index < -0.39 is 0 Å². The van der Waals surface area contributed by atoms with E-state index in [1.807, 2.05) is 0 Å². The van der Waals surface area contributed by atoms with E-state index in [1.54, 1.807) is 0 Å². The van der Waals surface area contributed by atoms with Crippen LogP contribution in [-0.2, 0) is 0 Å². The van der Waals surface area contributed by atoms with Crippen molar-refractivity contribution >= 4 is 0 Å². The standard InChI is InChI=1S/C7H10N2/c1-9-3-6-2-7(6,4-8)5-9/h6H,2-3,5H2,1H3. The number of hydrogen-bond donors (Lipinski definition) is 0. The lowest BCUT2D eigenvalue weighted by Gasteiger charge is -2.09. The molecule has 2 nitrogen and oxygen atoms in total. The minimum Gasteiger partial charge on any atom is -0.304 e. The van der Waals surface area contributed by atoms with Crippen molar-refractivity contribution in [1.82, 2.24) is 4.90 Å². The Labute approximate surface area is 55.1 Å². The maximum absolute atomic E-state index is 8.71. The molecule has 1 aliphatic carbocycles. The predicted octanol–water partition coefficient (Wildman–Crippen LogP) is 0.462. The van der Waals surface area contributed by atoms with Crippen LogP contribution in [0, 0.1) is 22.7 Å². The second kappa shape index (κ2) is 1.30. The minimum absolute atomic E-state index is 0.106. The van der Waals surface area contributed by atoms with Crippen LogP contribution in [0.1, 0.15) is 6.42 Å². The largest absolute Gasteiger partial charge is 0.304 e. The molecular formula is C7H10N2. The molecule has 0 aromatic rings. The lowest BCUT2D eigenvalue weighted by Crippen LogP contribution is -2.18. The summed E-state index contributed by atoms with van der Waals surface area (Å²) in [5, 5.41) is 8.71. The molecule has 2 heteroatoms. The molecular weight excluding hydrogens is 112 g/mol. The highest BCUT2D eigenvalue weighted by atomic mass is 15.2. The fourth-order valence-electron chi connectivity index (χ4n) is 1.91. The van der Waals surface area contributed by atoms with Gasteiger partial charge in [-0.25, -0.2) is 0 Å². The van der Waals surface area contributed by atoms with E-state index in [0.717, 1.165) is 19.5 Å². The summed E-state index contributed by atoms with van der Waals surface area (Å²) in [7, 11) is 2.09. The number of nitrogens with zero attached hydrogens (tertiary/aromatic N) is 2. The lowest BCUT2D eigenvalue weighted by atomic mass is 10.1. The van der Waals surface area contributed by atoms with Crippen LogP contribution in [0.5, 0.6) is 0 Å². The van der Waals surface area contributed by atoms with Gasteiger partial charge in [0.1, 0.15) is 0 Å². The Kier molecular flexibility index (Phi) is 0.758. The van der Waals surface area contributed by atoms with Crippen LogP contribution in [0.15, 0.2) is 0 Å². The number of nitriles is 1. The van der Waals surface area contributed by atoms with Gasteiger partial charge in [0.15, 0.2) is 0 Å². The van der Waals surface area contributed by atoms with Gasteiger partial charge < -0.3 is 4.90 Å². The molecule has 2 aliphatic rings. The van der Waals surface area contributed by atoms with E-state index in [0.29, 0.717) is 5.92 Å². The first-order valence-corrected chi connectivity index (χ1v) is 3.37. The van der Waals surface area contributed by atoms with E-state index in [4.69, 9.17) is 5.26 Å². The Morgan fingerprint density at radius 2 is 2.56 bits per heavy atom. The van der Waals surface area contributed by atoms with Gasteiger partial charge in [-0.15, -0.1) is 0 Å². The molecule has 48 valence electrons. The molecule has 0 aromatic carbocycles. The molecule has 2 unspecified atom stereocenters. The molecule has 2 atom stereocenters. The molecule has 1 heterocycles. The summed E-state index contributed by atoms with van der Waals surface area (Å²) in [4.78, 5) is 2.25. The van der Waals surface area contributed by atoms with Gasteiger partial charge in [0, 0.05) is 13.1 Å². The van der Waals surface area contributed by atoms with Crippen LogP contribution < -0.4 is 0 Å². The predicted molar refractivity (Wildman–Crippen MR) is 33.6 cm³/mol. The Bertz CT molecular complexity index is 182. The molecule has 0 amide bonds. The van der Waals surface area contributed by atoms with Gasteiger partial charge in [0.05, 0.1) is 11.5 Å². The topological polar surface area (TPSA) is 27.0 Å². The zero-order valence-corrected chi connectivity index (χ0v) is 5.59. The van der Waals surface area contributed by atoms with Crippen LogP contribution in [0.3, 0.4) is 0 Å². The molecule has 2 fully saturated rings. The highest BCUT2D eigenvalue weighted by molar-refractivity contribution is 5.21. The van der Waals surface area contributed by atoms with Crippen molar-refractivity contribution in [3.8, 4) is 6.07 Å². The van der Waals surface area contributed by atoms with Gasteiger partial charge in [-0.05, 0) is 19.4 Å². The smallest absolute Gasteiger partial charge is 0.0745 e. The first kappa shape index (κ1) is 5.25. The second-order valence-corrected chi connectivity index (χ2v) is 3.37. The van der Waals surface area contributed by atoms with Crippen LogP contribution in [0.25, 0.3) is 0 Å². The molecule has 0 aromatic heterocycles. The molecule has 1 saturated carbocycles. The summed E-state index contributed by atoms with van der Waals surface area (Å²) >= 11 is 0. The third kappa shape index (κ3) is 0.529.